The lowest BCUT2D eigenvalue weighted by atomic mass is 9.97. The molecule has 2 bridgehead atoms. The monoisotopic (exact) mass is 369 g/mol. The number of fused-ring (bicyclic) bond motifs is 3. The number of hydrogen-bond donors (Lipinski definition) is 1. The first-order valence-electron chi connectivity index (χ1n) is 10.0. The fourth-order valence-corrected chi connectivity index (χ4v) is 4.66. The Balaban J connectivity index is 1.29. The molecule has 0 radical (unpaired) electrons. The van der Waals surface area contributed by atoms with E-state index in [-0.39, 0.29) is 11.9 Å². The minimum atomic E-state index is -0.0771. The summed E-state index contributed by atoms with van der Waals surface area (Å²) in [7, 11) is 2.14. The van der Waals surface area contributed by atoms with Crippen molar-refractivity contribution in [2.45, 2.75) is 18.9 Å². The first-order valence-corrected chi connectivity index (χ1v) is 10.0. The number of anilines is 1. The van der Waals surface area contributed by atoms with Crippen molar-refractivity contribution in [2.75, 3.05) is 57.8 Å². The van der Waals surface area contributed by atoms with E-state index < -0.39 is 0 Å². The van der Waals surface area contributed by atoms with Crippen LogP contribution in [-0.4, -0.2) is 79.6 Å². The van der Waals surface area contributed by atoms with Crippen LogP contribution >= 0.6 is 0 Å². The van der Waals surface area contributed by atoms with Gasteiger partial charge in [0.2, 0.25) is 0 Å². The van der Waals surface area contributed by atoms with Crippen LogP contribution in [0.25, 0.3) is 11.0 Å². The Bertz CT molecular complexity index is 830. The van der Waals surface area contributed by atoms with Crippen LogP contribution in [0.15, 0.2) is 22.7 Å². The second-order valence-corrected chi connectivity index (χ2v) is 8.30. The third kappa shape index (κ3) is 3.41. The molecule has 5 heterocycles. The average molecular weight is 369 g/mol. The van der Waals surface area contributed by atoms with Crippen LogP contribution < -0.4 is 10.2 Å². The Morgan fingerprint density at radius 1 is 1.19 bits per heavy atom. The second-order valence-electron chi connectivity index (χ2n) is 8.30. The number of hydrogen-bond acceptors (Lipinski definition) is 6. The summed E-state index contributed by atoms with van der Waals surface area (Å²) in [6.07, 6.45) is 4.03. The molecule has 3 atom stereocenters. The molecule has 3 aliphatic rings. The zero-order chi connectivity index (χ0) is 18.4. The van der Waals surface area contributed by atoms with Crippen LogP contribution in [0.3, 0.4) is 0 Å². The molecule has 2 aromatic heterocycles. The second kappa shape index (κ2) is 6.80. The Morgan fingerprint density at radius 2 is 2.04 bits per heavy atom. The number of rotatable bonds is 3. The highest BCUT2D eigenvalue weighted by Crippen LogP contribution is 2.28. The SMILES string of the molecule is CN1CCN(c2cc3cc(C(=O)N[C@@H]4C[C@@H]5CCN(C5)C4)ncc3o2)CC1. The van der Waals surface area contributed by atoms with E-state index in [9.17, 15) is 4.79 Å². The van der Waals surface area contributed by atoms with E-state index in [0.717, 1.165) is 61.9 Å². The predicted molar refractivity (Wildman–Crippen MR) is 104 cm³/mol. The molecule has 0 aliphatic carbocycles. The number of amides is 1. The van der Waals surface area contributed by atoms with Crippen LogP contribution in [0.4, 0.5) is 5.88 Å². The van der Waals surface area contributed by atoms with E-state index in [4.69, 9.17) is 4.42 Å². The topological polar surface area (TPSA) is 64.8 Å². The molecule has 7 heteroatoms. The normalized spacial score (nSPS) is 28.6. The quantitative estimate of drug-likeness (QED) is 0.882. The number of piperidine rings is 1. The summed E-state index contributed by atoms with van der Waals surface area (Å²) in [5.74, 6) is 1.53. The Labute approximate surface area is 159 Å². The molecule has 2 aromatic rings. The van der Waals surface area contributed by atoms with Crippen LogP contribution in [-0.2, 0) is 0 Å². The van der Waals surface area contributed by atoms with E-state index in [0.29, 0.717) is 5.69 Å². The average Bonchev–Trinajstić information content (AvgIpc) is 3.24. The molecule has 27 heavy (non-hydrogen) atoms. The molecule has 1 amide bonds. The highest BCUT2D eigenvalue weighted by atomic mass is 16.4. The van der Waals surface area contributed by atoms with E-state index in [1.54, 1.807) is 6.20 Å². The van der Waals surface area contributed by atoms with Crippen molar-refractivity contribution in [3.05, 3.63) is 24.0 Å². The first kappa shape index (κ1) is 17.0. The Kier molecular flexibility index (Phi) is 4.28. The number of pyridine rings is 1. The number of likely N-dealkylation sites (N-methyl/N-ethyl adjacent to an activating group) is 1. The number of nitrogens with zero attached hydrogens (tertiary/aromatic N) is 4. The van der Waals surface area contributed by atoms with Crippen molar-refractivity contribution in [1.29, 1.82) is 0 Å². The summed E-state index contributed by atoms with van der Waals surface area (Å²) < 4.78 is 5.97. The summed E-state index contributed by atoms with van der Waals surface area (Å²) >= 11 is 0. The Morgan fingerprint density at radius 3 is 2.85 bits per heavy atom. The van der Waals surface area contributed by atoms with Gasteiger partial charge in [0.05, 0.1) is 6.20 Å². The van der Waals surface area contributed by atoms with E-state index >= 15 is 0 Å². The van der Waals surface area contributed by atoms with Gasteiger partial charge in [-0.05, 0) is 38.4 Å². The fraction of sp³-hybridized carbons (Fsp3) is 0.600. The molecular formula is C20H27N5O2. The van der Waals surface area contributed by atoms with Gasteiger partial charge in [0.25, 0.3) is 5.91 Å². The van der Waals surface area contributed by atoms with Crippen molar-refractivity contribution >= 4 is 22.8 Å². The van der Waals surface area contributed by atoms with Gasteiger partial charge in [-0.25, -0.2) is 4.98 Å². The van der Waals surface area contributed by atoms with E-state index in [1.165, 1.54) is 19.5 Å². The third-order valence-electron chi connectivity index (χ3n) is 6.24. The van der Waals surface area contributed by atoms with Gasteiger partial charge in [0, 0.05) is 56.8 Å². The maximum atomic E-state index is 12.7. The van der Waals surface area contributed by atoms with Crippen LogP contribution in [0.2, 0.25) is 0 Å². The summed E-state index contributed by atoms with van der Waals surface area (Å²) in [4.78, 5) is 24.1. The number of nitrogens with one attached hydrogen (secondary N) is 1. The summed E-state index contributed by atoms with van der Waals surface area (Å²) in [6, 6.07) is 4.12. The molecule has 0 saturated carbocycles. The molecule has 3 aliphatic heterocycles. The Hall–Kier alpha value is -2.12. The maximum absolute atomic E-state index is 12.7. The van der Waals surface area contributed by atoms with Gasteiger partial charge in [-0.2, -0.15) is 0 Å². The van der Waals surface area contributed by atoms with Crippen molar-refractivity contribution in [3.63, 3.8) is 0 Å². The van der Waals surface area contributed by atoms with Gasteiger partial charge >= 0.3 is 0 Å². The van der Waals surface area contributed by atoms with Crippen molar-refractivity contribution in [1.82, 2.24) is 20.1 Å². The number of carbonyl (C=O) groups is 1. The van der Waals surface area contributed by atoms with Crippen molar-refractivity contribution in [3.8, 4) is 0 Å². The molecule has 1 N–H and O–H groups in total. The molecule has 3 saturated heterocycles. The van der Waals surface area contributed by atoms with Gasteiger partial charge < -0.3 is 24.4 Å². The van der Waals surface area contributed by atoms with Gasteiger partial charge in [0.15, 0.2) is 11.5 Å². The molecule has 144 valence electrons. The molecule has 7 nitrogen and oxygen atoms in total. The number of furan rings is 1. The highest BCUT2D eigenvalue weighted by molar-refractivity contribution is 5.96. The smallest absolute Gasteiger partial charge is 0.270 e. The van der Waals surface area contributed by atoms with Gasteiger partial charge in [0.1, 0.15) is 5.69 Å². The molecule has 1 unspecified atom stereocenters. The molecule has 0 aromatic carbocycles. The minimum Gasteiger partial charge on any atom is -0.439 e. The number of carbonyl (C=O) groups excluding carboxylic acids is 1. The number of aromatic nitrogens is 1. The molecule has 0 spiro atoms. The van der Waals surface area contributed by atoms with Gasteiger partial charge in [-0.3, -0.25) is 4.79 Å². The lowest BCUT2D eigenvalue weighted by molar-refractivity contribution is 0.0904. The summed E-state index contributed by atoms with van der Waals surface area (Å²) in [5.41, 5.74) is 1.21. The minimum absolute atomic E-state index is 0.0771. The maximum Gasteiger partial charge on any atom is 0.270 e. The summed E-state index contributed by atoms with van der Waals surface area (Å²) in [5, 5.41) is 4.13. The van der Waals surface area contributed by atoms with Gasteiger partial charge in [-0.15, -0.1) is 0 Å². The molecule has 3 fully saturated rings. The zero-order valence-corrected chi connectivity index (χ0v) is 15.9. The zero-order valence-electron chi connectivity index (χ0n) is 15.9. The lowest BCUT2D eigenvalue weighted by Gasteiger charge is -2.32. The third-order valence-corrected chi connectivity index (χ3v) is 6.24. The summed E-state index contributed by atoms with van der Waals surface area (Å²) in [6.45, 7) is 7.30. The highest BCUT2D eigenvalue weighted by Gasteiger charge is 2.33. The van der Waals surface area contributed by atoms with E-state index in [1.807, 2.05) is 12.1 Å². The molecule has 5 rings (SSSR count). The van der Waals surface area contributed by atoms with Crippen molar-refractivity contribution < 1.29 is 9.21 Å². The van der Waals surface area contributed by atoms with Crippen LogP contribution in [0.1, 0.15) is 23.3 Å². The predicted octanol–water partition coefficient (Wildman–Crippen LogP) is 1.40. The van der Waals surface area contributed by atoms with Crippen LogP contribution in [0.5, 0.6) is 0 Å². The van der Waals surface area contributed by atoms with Crippen molar-refractivity contribution in [2.24, 2.45) is 5.92 Å². The standard InChI is InChI=1S/C20H27N5O2/c1-23-4-6-25(7-5-23)19-10-15-9-17(21-11-18(15)27-19)20(26)22-16-8-14-2-3-24(12-14)13-16/h9-11,14,16H,2-8,12-13H2,1H3,(H,22,26)/t14-,16+/m0/s1. The van der Waals surface area contributed by atoms with Gasteiger partial charge in [-0.1, -0.05) is 0 Å². The lowest BCUT2D eigenvalue weighted by Crippen LogP contribution is -2.47. The van der Waals surface area contributed by atoms with E-state index in [2.05, 4.69) is 32.0 Å². The first-order chi connectivity index (χ1) is 13.1. The molecular weight excluding hydrogens is 342 g/mol. The largest absolute Gasteiger partial charge is 0.439 e. The number of piperazine rings is 1. The fourth-order valence-electron chi connectivity index (χ4n) is 4.66. The van der Waals surface area contributed by atoms with Crippen LogP contribution in [0, 0.1) is 5.92 Å².